The maximum atomic E-state index is 4.61. The van der Waals surface area contributed by atoms with Crippen molar-refractivity contribution in [2.24, 2.45) is 4.99 Å². The van der Waals surface area contributed by atoms with Crippen molar-refractivity contribution in [2.75, 3.05) is 6.54 Å². The summed E-state index contributed by atoms with van der Waals surface area (Å²) in [6.07, 6.45) is 11.0. The van der Waals surface area contributed by atoms with Gasteiger partial charge in [0.05, 0.1) is 5.71 Å². The number of hydrogen-bond donors (Lipinski definition) is 0. The molecule has 0 N–H and O–H groups in total. The molecule has 0 bridgehead atoms. The second-order valence-electron chi connectivity index (χ2n) is 4.89. The molecule has 0 saturated carbocycles. The van der Waals surface area contributed by atoms with E-state index >= 15 is 0 Å². The van der Waals surface area contributed by atoms with Crippen molar-refractivity contribution in [2.45, 2.75) is 72.6 Å². The lowest BCUT2D eigenvalue weighted by Crippen LogP contribution is -2.05. The monoisotopic (exact) mass is 249 g/mol. The van der Waals surface area contributed by atoms with Gasteiger partial charge in [-0.15, -0.1) is 0 Å². The molecule has 0 radical (unpaired) electrons. The molecule has 0 aromatic rings. The third-order valence-corrected chi connectivity index (χ3v) is 3.12. The molecule has 0 aliphatic heterocycles. The molecule has 0 aromatic heterocycles. The van der Waals surface area contributed by atoms with Crippen LogP contribution in [-0.2, 0) is 0 Å². The van der Waals surface area contributed by atoms with Crippen LogP contribution < -0.4 is 0 Å². The van der Waals surface area contributed by atoms with Gasteiger partial charge in [-0.3, -0.25) is 4.99 Å². The lowest BCUT2D eigenvalue weighted by atomic mass is 9.98. The normalized spacial score (nSPS) is 12.9. The minimum atomic E-state index is 0.846. The highest BCUT2D eigenvalue weighted by molar-refractivity contribution is 6.11. The Hall–Kier alpha value is -0.850. The third kappa shape index (κ3) is 7.47. The molecule has 0 unspecified atom stereocenters. The van der Waals surface area contributed by atoms with Crippen LogP contribution in [0.2, 0.25) is 0 Å². The average molecular weight is 249 g/mol. The predicted octanol–water partition coefficient (Wildman–Crippen LogP) is 5.72. The van der Waals surface area contributed by atoms with Crippen molar-refractivity contribution in [3.05, 3.63) is 23.8 Å². The van der Waals surface area contributed by atoms with Gasteiger partial charge < -0.3 is 0 Å². The lowest BCUT2D eigenvalue weighted by molar-refractivity contribution is 0.634. The van der Waals surface area contributed by atoms with Crippen LogP contribution in [0.4, 0.5) is 0 Å². The smallest absolute Gasteiger partial charge is 0.0626 e. The Kier molecular flexibility index (Phi) is 10.7. The Bertz CT molecular complexity index is 284. The summed E-state index contributed by atoms with van der Waals surface area (Å²) in [7, 11) is 0. The zero-order chi connectivity index (χ0) is 13.8. The first-order valence-corrected chi connectivity index (χ1v) is 7.57. The summed E-state index contributed by atoms with van der Waals surface area (Å²) >= 11 is 0. The van der Waals surface area contributed by atoms with Crippen molar-refractivity contribution in [1.29, 1.82) is 0 Å². The van der Waals surface area contributed by atoms with Gasteiger partial charge in [0.1, 0.15) is 0 Å². The first-order chi connectivity index (χ1) is 8.67. The zero-order valence-corrected chi connectivity index (χ0v) is 12.9. The zero-order valence-electron chi connectivity index (χ0n) is 12.9. The van der Waals surface area contributed by atoms with Gasteiger partial charge in [-0.1, -0.05) is 52.2 Å². The van der Waals surface area contributed by atoms with Gasteiger partial charge in [-0.05, 0) is 44.3 Å². The summed E-state index contributed by atoms with van der Waals surface area (Å²) in [5, 5.41) is 0. The van der Waals surface area contributed by atoms with Crippen LogP contribution in [0.5, 0.6) is 0 Å². The first kappa shape index (κ1) is 17.2. The summed E-state index contributed by atoms with van der Waals surface area (Å²) in [5.41, 5.74) is 3.66. The number of unbranched alkanes of at least 4 members (excludes halogenated alkanes) is 4. The fourth-order valence-electron chi connectivity index (χ4n) is 2.14. The fourth-order valence-corrected chi connectivity index (χ4v) is 2.14. The van der Waals surface area contributed by atoms with Gasteiger partial charge in [-0.25, -0.2) is 0 Å². The van der Waals surface area contributed by atoms with Gasteiger partial charge in [0.25, 0.3) is 0 Å². The Labute approximate surface area is 114 Å². The van der Waals surface area contributed by atoms with Crippen LogP contribution in [0.3, 0.4) is 0 Å². The fraction of sp³-hybridized carbons (Fsp3) is 0.706. The van der Waals surface area contributed by atoms with E-state index in [1.807, 2.05) is 0 Å². The third-order valence-electron chi connectivity index (χ3n) is 3.12. The summed E-state index contributed by atoms with van der Waals surface area (Å²) in [6, 6.07) is 0. The molecule has 0 spiro atoms. The molecule has 0 amide bonds. The molecule has 0 saturated heterocycles. The van der Waals surface area contributed by atoms with Crippen LogP contribution in [-0.4, -0.2) is 12.3 Å². The molecule has 1 nitrogen and oxygen atoms in total. The van der Waals surface area contributed by atoms with Crippen molar-refractivity contribution in [3.63, 3.8) is 0 Å². The van der Waals surface area contributed by atoms with Crippen molar-refractivity contribution in [1.82, 2.24) is 0 Å². The average Bonchev–Trinajstić information content (AvgIpc) is 2.35. The van der Waals surface area contributed by atoms with Gasteiger partial charge in [0, 0.05) is 6.54 Å². The summed E-state index contributed by atoms with van der Waals surface area (Å²) in [5.74, 6) is 0. The number of hydrogen-bond acceptors (Lipinski definition) is 1. The van der Waals surface area contributed by atoms with E-state index < -0.39 is 0 Å². The molecule has 0 aliphatic carbocycles. The maximum Gasteiger partial charge on any atom is 0.0626 e. The molecule has 104 valence electrons. The first-order valence-electron chi connectivity index (χ1n) is 7.57. The highest BCUT2D eigenvalue weighted by atomic mass is 14.7. The second kappa shape index (κ2) is 11.3. The van der Waals surface area contributed by atoms with E-state index in [2.05, 4.69) is 45.3 Å². The molecular weight excluding hydrogens is 218 g/mol. The second-order valence-corrected chi connectivity index (χ2v) is 4.89. The number of allylic oxidation sites excluding steroid dienone is 3. The summed E-state index contributed by atoms with van der Waals surface area (Å²) < 4.78 is 0. The molecule has 1 heteroatoms. The summed E-state index contributed by atoms with van der Waals surface area (Å²) in [6.45, 7) is 13.7. The van der Waals surface area contributed by atoms with Gasteiger partial charge in [0.15, 0.2) is 0 Å². The molecule has 0 heterocycles. The molecule has 0 rings (SSSR count). The molecule has 18 heavy (non-hydrogen) atoms. The van der Waals surface area contributed by atoms with E-state index in [1.165, 1.54) is 43.3 Å². The van der Waals surface area contributed by atoms with E-state index in [-0.39, 0.29) is 0 Å². The molecule has 0 aromatic carbocycles. The molecule has 0 atom stereocenters. The standard InChI is InChI=1S/C17H31N/c1-6-9-10-11-12-14-16(5)17(18-8-3)15(4)13-7-2/h13H,5-12,14H2,1-4H3/b15-13+,18-17?. The van der Waals surface area contributed by atoms with Crippen LogP contribution in [0.25, 0.3) is 0 Å². The Balaban J connectivity index is 4.25. The lowest BCUT2D eigenvalue weighted by Gasteiger charge is -2.10. The topological polar surface area (TPSA) is 12.4 Å². The van der Waals surface area contributed by atoms with Crippen LogP contribution in [0, 0.1) is 0 Å². The van der Waals surface area contributed by atoms with E-state index in [0.29, 0.717) is 0 Å². The Morgan fingerprint density at radius 1 is 1.06 bits per heavy atom. The van der Waals surface area contributed by atoms with Crippen LogP contribution in [0.1, 0.15) is 72.6 Å². The predicted molar refractivity (Wildman–Crippen MR) is 84.5 cm³/mol. The maximum absolute atomic E-state index is 4.61. The Morgan fingerprint density at radius 2 is 1.72 bits per heavy atom. The molecule has 0 fully saturated rings. The van der Waals surface area contributed by atoms with Crippen molar-refractivity contribution >= 4 is 5.71 Å². The quantitative estimate of drug-likeness (QED) is 0.347. The van der Waals surface area contributed by atoms with E-state index in [0.717, 1.165) is 25.1 Å². The molecule has 0 aliphatic rings. The number of rotatable bonds is 10. The Morgan fingerprint density at radius 3 is 2.28 bits per heavy atom. The van der Waals surface area contributed by atoms with Gasteiger partial charge in [-0.2, -0.15) is 0 Å². The minimum absolute atomic E-state index is 0.846. The van der Waals surface area contributed by atoms with E-state index in [1.54, 1.807) is 0 Å². The highest BCUT2D eigenvalue weighted by Crippen LogP contribution is 2.15. The molecular formula is C17H31N. The number of nitrogens with zero attached hydrogens (tertiary/aromatic N) is 1. The van der Waals surface area contributed by atoms with E-state index in [4.69, 9.17) is 0 Å². The summed E-state index contributed by atoms with van der Waals surface area (Å²) in [4.78, 5) is 4.61. The SMILES string of the molecule is C=C(CCCCCCC)C(=NCC)/C(C)=C/CC. The van der Waals surface area contributed by atoms with E-state index in [9.17, 15) is 0 Å². The van der Waals surface area contributed by atoms with Crippen LogP contribution >= 0.6 is 0 Å². The number of aliphatic imine (C=N–C) groups is 1. The largest absolute Gasteiger partial charge is 0.285 e. The highest BCUT2D eigenvalue weighted by Gasteiger charge is 2.06. The van der Waals surface area contributed by atoms with Gasteiger partial charge >= 0.3 is 0 Å². The van der Waals surface area contributed by atoms with Crippen LogP contribution in [0.15, 0.2) is 28.8 Å². The minimum Gasteiger partial charge on any atom is -0.285 e. The van der Waals surface area contributed by atoms with Gasteiger partial charge in [0.2, 0.25) is 0 Å². The van der Waals surface area contributed by atoms with Crippen molar-refractivity contribution < 1.29 is 0 Å². The van der Waals surface area contributed by atoms with Crippen molar-refractivity contribution in [3.8, 4) is 0 Å².